The average molecular weight is 513 g/mol. The van der Waals surface area contributed by atoms with E-state index in [-0.39, 0.29) is 25.0 Å². The van der Waals surface area contributed by atoms with Gasteiger partial charge in [-0.15, -0.1) is 11.6 Å². The van der Waals surface area contributed by atoms with Gasteiger partial charge in [-0.25, -0.2) is 4.39 Å². The van der Waals surface area contributed by atoms with E-state index in [0.29, 0.717) is 5.57 Å². The van der Waals surface area contributed by atoms with Crippen molar-refractivity contribution >= 4 is 35.1 Å². The number of aliphatic hydroxyl groups excluding tert-OH is 1. The lowest BCUT2D eigenvalue weighted by Gasteiger charge is -2.63. The number of ether oxygens (including phenoxy) is 2. The Hall–Kier alpha value is -2.10. The van der Waals surface area contributed by atoms with Crippen LogP contribution in [0.5, 0.6) is 0 Å². The first-order valence-electron chi connectivity index (χ1n) is 11.6. The van der Waals surface area contributed by atoms with Crippen LogP contribution in [-0.4, -0.2) is 69.2 Å². The molecule has 0 heterocycles. The predicted octanol–water partition coefficient (Wildman–Crippen LogP) is 1.98. The summed E-state index contributed by atoms with van der Waals surface area (Å²) in [5, 5.41) is 22.4. The van der Waals surface area contributed by atoms with E-state index in [4.69, 9.17) is 21.1 Å². The van der Waals surface area contributed by atoms with Crippen molar-refractivity contribution in [3.63, 3.8) is 0 Å². The summed E-state index contributed by atoms with van der Waals surface area (Å²) in [6, 6.07) is 0. The van der Waals surface area contributed by atoms with Gasteiger partial charge in [0.2, 0.25) is 5.78 Å². The minimum atomic E-state index is -2.35. The fourth-order valence-corrected chi connectivity index (χ4v) is 7.78. The molecule has 35 heavy (non-hydrogen) atoms. The Balaban J connectivity index is 1.84. The number of hydrogen-bond acceptors (Lipinski definition) is 8. The smallest absolute Gasteiger partial charge is 0.303 e. The molecule has 8 nitrogen and oxygen atoms in total. The monoisotopic (exact) mass is 512 g/mol. The van der Waals surface area contributed by atoms with E-state index in [1.54, 1.807) is 13.8 Å². The van der Waals surface area contributed by atoms with Gasteiger partial charge in [-0.2, -0.15) is 0 Å². The number of aliphatic hydroxyl groups is 2. The summed E-state index contributed by atoms with van der Waals surface area (Å²) < 4.78 is 27.5. The molecule has 0 aromatic rings. The molecule has 0 aromatic heterocycles. The fraction of sp³-hybridized carbons (Fsp3) is 0.680. The molecule has 0 amide bonds. The largest absolute Gasteiger partial charge is 0.459 e. The van der Waals surface area contributed by atoms with Crippen LogP contribution in [0.2, 0.25) is 0 Å². The molecule has 4 rings (SSSR count). The summed E-state index contributed by atoms with van der Waals surface area (Å²) in [4.78, 5) is 48.5. The summed E-state index contributed by atoms with van der Waals surface area (Å²) >= 11 is 6.76. The molecule has 0 saturated heterocycles. The first-order chi connectivity index (χ1) is 16.1. The maximum atomic E-state index is 17.3. The second-order valence-electron chi connectivity index (χ2n) is 10.7. The van der Waals surface area contributed by atoms with Crippen molar-refractivity contribution in [2.75, 3.05) is 6.61 Å². The number of esters is 2. The van der Waals surface area contributed by atoms with Gasteiger partial charge in [-0.1, -0.05) is 18.6 Å². The molecule has 0 aliphatic heterocycles. The van der Waals surface area contributed by atoms with E-state index in [0.717, 1.165) is 13.8 Å². The molecule has 4 aliphatic rings. The summed E-state index contributed by atoms with van der Waals surface area (Å²) in [6.07, 6.45) is 0.788. The van der Waals surface area contributed by atoms with Gasteiger partial charge < -0.3 is 19.7 Å². The third-order valence-corrected chi connectivity index (χ3v) is 9.37. The fourth-order valence-electron chi connectivity index (χ4n) is 7.25. The molecule has 9 atom stereocenters. The molecular formula is C25H30ClFO8. The lowest BCUT2D eigenvalue weighted by Crippen LogP contribution is -2.71. The summed E-state index contributed by atoms with van der Waals surface area (Å²) in [5.41, 5.74) is -7.00. The number of alkyl halides is 2. The van der Waals surface area contributed by atoms with Gasteiger partial charge in [0.1, 0.15) is 6.10 Å². The Kier molecular flexibility index (Phi) is 6.10. The Morgan fingerprint density at radius 1 is 1.23 bits per heavy atom. The molecule has 0 spiro atoms. The number of hydrogen-bond donors (Lipinski definition) is 2. The van der Waals surface area contributed by atoms with Gasteiger partial charge in [-0.3, -0.25) is 19.2 Å². The SMILES string of the molecule is CC(=O)OCC(=O)[C@@]1(O)[C@H](OC(C)=O)C[C@H]2[C@@H]3[C@H](Cl)CC4=CC(=O)C=C[C@]4(C)[C@@]3(F)[C@@H](O)C[C@@]21C. The van der Waals surface area contributed by atoms with Crippen LogP contribution in [-0.2, 0) is 28.7 Å². The third kappa shape index (κ3) is 3.38. The van der Waals surface area contributed by atoms with Crippen molar-refractivity contribution in [2.24, 2.45) is 22.7 Å². The van der Waals surface area contributed by atoms with Crippen LogP contribution in [0.1, 0.15) is 47.0 Å². The molecule has 192 valence electrons. The van der Waals surface area contributed by atoms with Crippen LogP contribution in [0.3, 0.4) is 0 Å². The molecule has 3 saturated carbocycles. The van der Waals surface area contributed by atoms with Gasteiger partial charge >= 0.3 is 11.9 Å². The molecule has 3 fully saturated rings. The van der Waals surface area contributed by atoms with Crippen LogP contribution >= 0.6 is 11.6 Å². The molecular weight excluding hydrogens is 483 g/mol. The van der Waals surface area contributed by atoms with Crippen LogP contribution < -0.4 is 0 Å². The summed E-state index contributed by atoms with van der Waals surface area (Å²) in [6.45, 7) is 4.62. The van der Waals surface area contributed by atoms with Gasteiger partial charge in [0.25, 0.3) is 0 Å². The van der Waals surface area contributed by atoms with Crippen LogP contribution in [0, 0.1) is 22.7 Å². The van der Waals surface area contributed by atoms with E-state index < -0.39 is 75.8 Å². The maximum Gasteiger partial charge on any atom is 0.303 e. The van der Waals surface area contributed by atoms with Crippen molar-refractivity contribution in [1.82, 2.24) is 0 Å². The number of ketones is 2. The highest BCUT2D eigenvalue weighted by atomic mass is 35.5. The van der Waals surface area contributed by atoms with Crippen LogP contribution in [0.4, 0.5) is 4.39 Å². The average Bonchev–Trinajstić information content (AvgIpc) is 2.96. The number of carbonyl (C=O) groups excluding carboxylic acids is 4. The number of halogens is 2. The third-order valence-electron chi connectivity index (χ3n) is 8.95. The molecule has 2 N–H and O–H groups in total. The highest BCUT2D eigenvalue weighted by Gasteiger charge is 2.78. The Morgan fingerprint density at radius 2 is 1.89 bits per heavy atom. The lowest BCUT2D eigenvalue weighted by molar-refractivity contribution is -0.223. The van der Waals surface area contributed by atoms with Crippen molar-refractivity contribution in [3.05, 3.63) is 23.8 Å². The van der Waals surface area contributed by atoms with Crippen molar-refractivity contribution in [1.29, 1.82) is 0 Å². The zero-order valence-electron chi connectivity index (χ0n) is 20.0. The summed E-state index contributed by atoms with van der Waals surface area (Å²) in [7, 11) is 0. The topological polar surface area (TPSA) is 127 Å². The highest BCUT2D eigenvalue weighted by Crippen LogP contribution is 2.70. The quantitative estimate of drug-likeness (QED) is 0.432. The first-order valence-corrected chi connectivity index (χ1v) is 12.1. The Bertz CT molecular complexity index is 1060. The van der Waals surface area contributed by atoms with Crippen molar-refractivity contribution in [2.45, 2.75) is 75.8 Å². The standard InChI is InChI=1S/C25H30ClFO8/c1-12(28)34-11-19(32)25(33)20(35-13(2)29)9-16-21-17(26)8-14-7-15(30)5-6-22(14,3)24(21,27)18(31)10-23(16,25)4/h5-7,16-18,20-21,31,33H,8-11H2,1-4H3/t16-,17+,18-,20+,21+,22-,23-,24+,25+/m0/s1. The van der Waals surface area contributed by atoms with Crippen LogP contribution in [0.25, 0.3) is 0 Å². The molecule has 0 aromatic carbocycles. The van der Waals surface area contributed by atoms with E-state index in [1.165, 1.54) is 18.2 Å². The van der Waals surface area contributed by atoms with Gasteiger partial charge in [-0.05, 0) is 44.3 Å². The van der Waals surface area contributed by atoms with E-state index >= 15 is 4.39 Å². The number of carbonyl (C=O) groups is 4. The normalized spacial score (nSPS) is 46.1. The highest BCUT2D eigenvalue weighted by molar-refractivity contribution is 6.21. The molecule has 0 unspecified atom stereocenters. The molecule has 4 aliphatic carbocycles. The minimum absolute atomic E-state index is 0.0809. The van der Waals surface area contributed by atoms with E-state index in [2.05, 4.69) is 0 Å². The van der Waals surface area contributed by atoms with Crippen molar-refractivity contribution < 1.29 is 43.3 Å². The van der Waals surface area contributed by atoms with Gasteiger partial charge in [0.15, 0.2) is 23.7 Å². The number of rotatable bonds is 4. The second kappa shape index (κ2) is 8.21. The number of fused-ring (bicyclic) bond motifs is 5. The second-order valence-corrected chi connectivity index (χ2v) is 11.2. The summed E-state index contributed by atoms with van der Waals surface area (Å²) in [5.74, 6) is -4.51. The van der Waals surface area contributed by atoms with E-state index in [1.807, 2.05) is 0 Å². The number of Topliss-reactive ketones (excluding diaryl/α,β-unsaturated/α-hetero) is 1. The van der Waals surface area contributed by atoms with Crippen molar-refractivity contribution in [3.8, 4) is 0 Å². The minimum Gasteiger partial charge on any atom is -0.459 e. The number of allylic oxidation sites excluding steroid dienone is 4. The Labute approximate surface area is 207 Å². The predicted molar refractivity (Wildman–Crippen MR) is 121 cm³/mol. The van der Waals surface area contributed by atoms with Crippen LogP contribution in [0.15, 0.2) is 23.8 Å². The van der Waals surface area contributed by atoms with E-state index in [9.17, 15) is 29.4 Å². The lowest BCUT2D eigenvalue weighted by atomic mass is 9.44. The first kappa shape index (κ1) is 26.0. The molecule has 10 heteroatoms. The maximum absolute atomic E-state index is 17.3. The molecule has 0 radical (unpaired) electrons. The Morgan fingerprint density at radius 3 is 2.49 bits per heavy atom. The molecule has 0 bridgehead atoms. The zero-order chi connectivity index (χ0) is 26.1. The zero-order valence-corrected chi connectivity index (χ0v) is 20.8. The van der Waals surface area contributed by atoms with Gasteiger partial charge in [0, 0.05) is 36.0 Å². The van der Waals surface area contributed by atoms with Gasteiger partial charge in [0.05, 0.1) is 6.10 Å².